The van der Waals surface area contributed by atoms with Crippen LogP contribution < -0.4 is 10.6 Å². The van der Waals surface area contributed by atoms with E-state index in [1.165, 1.54) is 0 Å². The lowest BCUT2D eigenvalue weighted by Crippen LogP contribution is -2.34. The summed E-state index contributed by atoms with van der Waals surface area (Å²) in [4.78, 5) is 10.6. The van der Waals surface area contributed by atoms with Crippen LogP contribution in [-0.4, -0.2) is 21.1 Å². The van der Waals surface area contributed by atoms with E-state index in [9.17, 15) is 0 Å². The molecule has 7 heteroatoms. The van der Waals surface area contributed by atoms with Gasteiger partial charge in [-0.2, -0.15) is 0 Å². The lowest BCUT2D eigenvalue weighted by Gasteiger charge is -2.29. The van der Waals surface area contributed by atoms with Crippen molar-refractivity contribution in [3.05, 3.63) is 34.3 Å². The van der Waals surface area contributed by atoms with Gasteiger partial charge in [0.25, 0.3) is 0 Å². The van der Waals surface area contributed by atoms with E-state index >= 15 is 0 Å². The van der Waals surface area contributed by atoms with E-state index in [1.54, 1.807) is 12.3 Å². The summed E-state index contributed by atoms with van der Waals surface area (Å²) < 4.78 is 2.11. The SMILES string of the molecule is Nc1nc(N2CCn3ccnc3C2)c(Cl)cc1Cl. The van der Waals surface area contributed by atoms with Crippen LogP contribution in [0, 0.1) is 0 Å². The third kappa shape index (κ3) is 1.89. The van der Waals surface area contributed by atoms with Crippen LogP contribution in [0.5, 0.6) is 0 Å². The van der Waals surface area contributed by atoms with Crippen molar-refractivity contribution in [2.45, 2.75) is 13.1 Å². The largest absolute Gasteiger partial charge is 0.382 e. The van der Waals surface area contributed by atoms with E-state index in [4.69, 9.17) is 28.9 Å². The topological polar surface area (TPSA) is 60.0 Å². The zero-order valence-corrected chi connectivity index (χ0v) is 11.0. The van der Waals surface area contributed by atoms with Gasteiger partial charge in [0.2, 0.25) is 0 Å². The van der Waals surface area contributed by atoms with Gasteiger partial charge in [0.05, 0.1) is 16.6 Å². The molecule has 3 heterocycles. The predicted molar refractivity (Wildman–Crippen MR) is 71.9 cm³/mol. The smallest absolute Gasteiger partial charge is 0.150 e. The standard InChI is InChI=1S/C11H11Cl2N5/c12-7-5-8(13)11(16-10(7)14)18-4-3-17-2-1-15-9(17)6-18/h1-2,5H,3-4,6H2,(H2,14,16). The maximum Gasteiger partial charge on any atom is 0.150 e. The fourth-order valence-electron chi connectivity index (χ4n) is 2.05. The van der Waals surface area contributed by atoms with Crippen LogP contribution >= 0.6 is 23.2 Å². The number of anilines is 2. The molecule has 1 aliphatic heterocycles. The molecule has 18 heavy (non-hydrogen) atoms. The Morgan fingerprint density at radius 3 is 2.89 bits per heavy atom. The number of hydrogen-bond donors (Lipinski definition) is 1. The first-order valence-corrected chi connectivity index (χ1v) is 6.27. The van der Waals surface area contributed by atoms with Crippen molar-refractivity contribution < 1.29 is 0 Å². The quantitative estimate of drug-likeness (QED) is 0.872. The summed E-state index contributed by atoms with van der Waals surface area (Å²) in [6.07, 6.45) is 3.77. The van der Waals surface area contributed by atoms with Gasteiger partial charge in [0.15, 0.2) is 0 Å². The molecule has 0 unspecified atom stereocenters. The van der Waals surface area contributed by atoms with Crippen LogP contribution in [0.15, 0.2) is 18.5 Å². The summed E-state index contributed by atoms with van der Waals surface area (Å²) in [7, 11) is 0. The number of nitrogens with two attached hydrogens (primary N) is 1. The van der Waals surface area contributed by atoms with Gasteiger partial charge in [0.1, 0.15) is 17.5 Å². The first-order valence-electron chi connectivity index (χ1n) is 5.51. The van der Waals surface area contributed by atoms with E-state index in [-0.39, 0.29) is 0 Å². The Bertz CT molecular complexity index is 595. The molecule has 0 spiro atoms. The molecule has 0 atom stereocenters. The number of nitrogen functional groups attached to an aromatic ring is 1. The molecule has 2 aromatic rings. The lowest BCUT2D eigenvalue weighted by molar-refractivity contribution is 0.556. The van der Waals surface area contributed by atoms with Gasteiger partial charge in [-0.05, 0) is 6.07 Å². The van der Waals surface area contributed by atoms with E-state index in [0.29, 0.717) is 28.2 Å². The predicted octanol–water partition coefficient (Wildman–Crippen LogP) is 2.19. The van der Waals surface area contributed by atoms with Crippen LogP contribution in [0.4, 0.5) is 11.6 Å². The molecule has 0 fully saturated rings. The van der Waals surface area contributed by atoms with Gasteiger partial charge < -0.3 is 15.2 Å². The summed E-state index contributed by atoms with van der Waals surface area (Å²) in [5, 5.41) is 0.886. The molecule has 2 N–H and O–H groups in total. The number of imidazole rings is 1. The Morgan fingerprint density at radius 1 is 1.22 bits per heavy atom. The Labute approximate surface area is 114 Å². The van der Waals surface area contributed by atoms with Gasteiger partial charge in [-0.25, -0.2) is 9.97 Å². The third-order valence-electron chi connectivity index (χ3n) is 2.98. The first kappa shape index (κ1) is 11.6. The highest BCUT2D eigenvalue weighted by atomic mass is 35.5. The number of aromatic nitrogens is 3. The van der Waals surface area contributed by atoms with Crippen molar-refractivity contribution >= 4 is 34.8 Å². The monoisotopic (exact) mass is 283 g/mol. The summed E-state index contributed by atoms with van der Waals surface area (Å²) in [5.41, 5.74) is 5.72. The lowest BCUT2D eigenvalue weighted by atomic mass is 10.3. The minimum Gasteiger partial charge on any atom is -0.382 e. The zero-order chi connectivity index (χ0) is 12.7. The Morgan fingerprint density at radius 2 is 2.06 bits per heavy atom. The molecular weight excluding hydrogens is 273 g/mol. The number of pyridine rings is 1. The highest BCUT2D eigenvalue weighted by Crippen LogP contribution is 2.31. The van der Waals surface area contributed by atoms with Crippen LogP contribution in [0.25, 0.3) is 0 Å². The van der Waals surface area contributed by atoms with Crippen molar-refractivity contribution in [3.8, 4) is 0 Å². The molecule has 0 amide bonds. The number of halogens is 2. The second-order valence-electron chi connectivity index (χ2n) is 4.12. The third-order valence-corrected chi connectivity index (χ3v) is 3.56. The second kappa shape index (κ2) is 4.33. The number of hydrogen-bond acceptors (Lipinski definition) is 4. The van der Waals surface area contributed by atoms with Gasteiger partial charge in [-0.1, -0.05) is 23.2 Å². The van der Waals surface area contributed by atoms with Gasteiger partial charge in [-0.15, -0.1) is 0 Å². The Hall–Kier alpha value is -1.46. The first-order chi connectivity index (χ1) is 8.65. The fraction of sp³-hybridized carbons (Fsp3) is 0.273. The Kier molecular flexibility index (Phi) is 2.80. The highest BCUT2D eigenvalue weighted by Gasteiger charge is 2.20. The average molecular weight is 284 g/mol. The van der Waals surface area contributed by atoms with Gasteiger partial charge >= 0.3 is 0 Å². The summed E-state index contributed by atoms with van der Waals surface area (Å²) in [6.45, 7) is 2.34. The maximum absolute atomic E-state index is 6.16. The molecular formula is C11H11Cl2N5. The van der Waals surface area contributed by atoms with Crippen molar-refractivity contribution in [1.82, 2.24) is 14.5 Å². The van der Waals surface area contributed by atoms with Crippen molar-refractivity contribution in [1.29, 1.82) is 0 Å². The van der Waals surface area contributed by atoms with Crippen LogP contribution in [-0.2, 0) is 13.1 Å². The molecule has 0 aromatic carbocycles. The van der Waals surface area contributed by atoms with Crippen molar-refractivity contribution in [2.24, 2.45) is 0 Å². The molecule has 94 valence electrons. The van der Waals surface area contributed by atoms with Crippen molar-refractivity contribution in [2.75, 3.05) is 17.2 Å². The molecule has 0 saturated heterocycles. The van der Waals surface area contributed by atoms with Crippen molar-refractivity contribution in [3.63, 3.8) is 0 Å². The molecule has 0 bridgehead atoms. The number of fused-ring (bicyclic) bond motifs is 1. The zero-order valence-electron chi connectivity index (χ0n) is 9.48. The van der Waals surface area contributed by atoms with E-state index in [1.807, 2.05) is 6.20 Å². The maximum atomic E-state index is 6.16. The molecule has 5 nitrogen and oxygen atoms in total. The number of nitrogens with zero attached hydrogens (tertiary/aromatic N) is 4. The summed E-state index contributed by atoms with van der Waals surface area (Å²) in [6, 6.07) is 1.63. The highest BCUT2D eigenvalue weighted by molar-refractivity contribution is 6.37. The van der Waals surface area contributed by atoms with Crippen LogP contribution in [0.1, 0.15) is 5.82 Å². The molecule has 1 aliphatic rings. The van der Waals surface area contributed by atoms with E-state index in [0.717, 1.165) is 18.9 Å². The minimum absolute atomic E-state index is 0.296. The molecule has 0 saturated carbocycles. The number of rotatable bonds is 1. The van der Waals surface area contributed by atoms with Gasteiger partial charge in [-0.3, -0.25) is 0 Å². The minimum atomic E-state index is 0.296. The summed E-state index contributed by atoms with van der Waals surface area (Å²) >= 11 is 12.0. The van der Waals surface area contributed by atoms with E-state index < -0.39 is 0 Å². The van der Waals surface area contributed by atoms with E-state index in [2.05, 4.69) is 19.4 Å². The molecule has 3 rings (SSSR count). The summed E-state index contributed by atoms with van der Waals surface area (Å²) in [5.74, 6) is 1.95. The molecule has 0 radical (unpaired) electrons. The molecule has 2 aromatic heterocycles. The normalized spacial score (nSPS) is 14.7. The Balaban J connectivity index is 1.95. The fourth-order valence-corrected chi connectivity index (χ4v) is 2.52. The van der Waals surface area contributed by atoms with Crippen LogP contribution in [0.3, 0.4) is 0 Å². The van der Waals surface area contributed by atoms with Gasteiger partial charge in [0, 0.05) is 25.5 Å². The van der Waals surface area contributed by atoms with Crippen LogP contribution in [0.2, 0.25) is 10.0 Å². The molecule has 0 aliphatic carbocycles. The average Bonchev–Trinajstić information content (AvgIpc) is 2.80. The second-order valence-corrected chi connectivity index (χ2v) is 4.93.